The van der Waals surface area contributed by atoms with Gasteiger partial charge < -0.3 is 15.3 Å². The standard InChI is InChI=1S/C7H8O.C4H7NO4/c1-6-2-4-7(8)5-3-6;6-3(7)1-5-2-4(8)9/h2-5,8H,1H3;5H,1-2H2,(H,6,7)(H,8,9). The molecule has 0 aliphatic carbocycles. The van der Waals surface area contributed by atoms with Crippen LogP contribution in [0.1, 0.15) is 5.56 Å². The number of rotatable bonds is 4. The average Bonchev–Trinajstić information content (AvgIpc) is 2.22. The Kier molecular flexibility index (Phi) is 7.12. The fourth-order valence-corrected chi connectivity index (χ4v) is 0.821. The Morgan fingerprint density at radius 3 is 1.76 bits per heavy atom. The molecule has 0 spiro atoms. The number of carboxylic acid groups (broad SMARTS) is 2. The molecule has 0 fully saturated rings. The van der Waals surface area contributed by atoms with Crippen LogP contribution < -0.4 is 5.32 Å². The van der Waals surface area contributed by atoms with Gasteiger partial charge >= 0.3 is 11.9 Å². The lowest BCUT2D eigenvalue weighted by Gasteiger charge is -1.93. The largest absolute Gasteiger partial charge is 0.508 e. The third-order valence-corrected chi connectivity index (χ3v) is 1.59. The molecule has 0 bridgehead atoms. The molecule has 6 heteroatoms. The Labute approximate surface area is 98.5 Å². The van der Waals surface area contributed by atoms with Crippen LogP contribution in [0.2, 0.25) is 0 Å². The van der Waals surface area contributed by atoms with Gasteiger partial charge in [0.2, 0.25) is 0 Å². The topological polar surface area (TPSA) is 107 Å². The number of hydrogen-bond donors (Lipinski definition) is 4. The Hall–Kier alpha value is -2.08. The Balaban J connectivity index is 0.000000302. The van der Waals surface area contributed by atoms with E-state index in [9.17, 15) is 9.59 Å². The van der Waals surface area contributed by atoms with E-state index in [4.69, 9.17) is 15.3 Å². The lowest BCUT2D eigenvalue weighted by molar-refractivity contribution is -0.137. The minimum atomic E-state index is -1.06. The Bertz CT molecular complexity index is 326. The summed E-state index contributed by atoms with van der Waals surface area (Å²) in [6.07, 6.45) is 0. The van der Waals surface area contributed by atoms with Crippen LogP contribution in [0.5, 0.6) is 5.75 Å². The second kappa shape index (κ2) is 8.12. The highest BCUT2D eigenvalue weighted by molar-refractivity contribution is 5.72. The molecule has 0 aliphatic heterocycles. The first-order valence-corrected chi connectivity index (χ1v) is 4.81. The lowest BCUT2D eigenvalue weighted by Crippen LogP contribution is -2.27. The van der Waals surface area contributed by atoms with Crippen LogP contribution in [-0.4, -0.2) is 40.3 Å². The zero-order chi connectivity index (χ0) is 13.3. The fraction of sp³-hybridized carbons (Fsp3) is 0.273. The van der Waals surface area contributed by atoms with Crippen molar-refractivity contribution in [2.24, 2.45) is 0 Å². The van der Waals surface area contributed by atoms with Crippen molar-refractivity contribution in [1.82, 2.24) is 5.32 Å². The number of hydrogen-bond acceptors (Lipinski definition) is 4. The highest BCUT2D eigenvalue weighted by atomic mass is 16.4. The zero-order valence-corrected chi connectivity index (χ0v) is 9.38. The number of phenolic OH excluding ortho intramolecular Hbond substituents is 1. The first-order valence-electron chi connectivity index (χ1n) is 4.81. The minimum absolute atomic E-state index is 0.313. The summed E-state index contributed by atoms with van der Waals surface area (Å²) >= 11 is 0. The number of aromatic hydroxyl groups is 1. The molecule has 0 heterocycles. The summed E-state index contributed by atoms with van der Waals surface area (Å²) in [6, 6.07) is 7.09. The highest BCUT2D eigenvalue weighted by Gasteiger charge is 1.97. The SMILES string of the molecule is Cc1ccc(O)cc1.O=C(O)CNCC(=O)O. The smallest absolute Gasteiger partial charge is 0.317 e. The molecule has 0 radical (unpaired) electrons. The van der Waals surface area contributed by atoms with Gasteiger partial charge in [0.25, 0.3) is 0 Å². The van der Waals surface area contributed by atoms with Crippen molar-refractivity contribution >= 4 is 11.9 Å². The molecule has 0 atom stereocenters. The maximum atomic E-state index is 9.73. The van der Waals surface area contributed by atoms with Gasteiger partial charge in [0.15, 0.2) is 0 Å². The van der Waals surface area contributed by atoms with Crippen LogP contribution in [-0.2, 0) is 9.59 Å². The molecule has 0 saturated heterocycles. The second-order valence-corrected chi connectivity index (χ2v) is 3.23. The maximum absolute atomic E-state index is 9.73. The number of carboxylic acids is 2. The van der Waals surface area contributed by atoms with Crippen molar-refractivity contribution < 1.29 is 24.9 Å². The van der Waals surface area contributed by atoms with E-state index in [0.29, 0.717) is 5.75 Å². The average molecular weight is 241 g/mol. The molecule has 0 unspecified atom stereocenters. The van der Waals surface area contributed by atoms with Crippen LogP contribution in [0.3, 0.4) is 0 Å². The van der Waals surface area contributed by atoms with E-state index in [2.05, 4.69) is 5.32 Å². The first-order chi connectivity index (χ1) is 7.91. The number of carbonyl (C=O) groups is 2. The van der Waals surface area contributed by atoms with Gasteiger partial charge in [-0.15, -0.1) is 0 Å². The van der Waals surface area contributed by atoms with E-state index in [0.717, 1.165) is 0 Å². The van der Waals surface area contributed by atoms with Crippen LogP contribution in [0.15, 0.2) is 24.3 Å². The molecule has 17 heavy (non-hydrogen) atoms. The summed E-state index contributed by atoms with van der Waals surface area (Å²) in [7, 11) is 0. The van der Waals surface area contributed by atoms with Gasteiger partial charge in [0.1, 0.15) is 5.75 Å². The number of benzene rings is 1. The van der Waals surface area contributed by atoms with E-state index in [-0.39, 0.29) is 13.1 Å². The predicted molar refractivity (Wildman–Crippen MR) is 61.0 cm³/mol. The molecule has 94 valence electrons. The molecule has 4 N–H and O–H groups in total. The molecule has 1 aromatic rings. The van der Waals surface area contributed by atoms with Gasteiger partial charge in [0, 0.05) is 0 Å². The number of nitrogens with one attached hydrogen (secondary N) is 1. The summed E-state index contributed by atoms with van der Waals surface area (Å²) in [5.74, 6) is -1.79. The van der Waals surface area contributed by atoms with Crippen LogP contribution in [0.4, 0.5) is 0 Å². The van der Waals surface area contributed by atoms with E-state index in [1.807, 2.05) is 19.1 Å². The van der Waals surface area contributed by atoms with Crippen LogP contribution >= 0.6 is 0 Å². The molecule has 0 aliphatic rings. The van der Waals surface area contributed by atoms with Crippen molar-refractivity contribution in [1.29, 1.82) is 0 Å². The van der Waals surface area contributed by atoms with E-state index in [1.165, 1.54) is 5.56 Å². The summed E-state index contributed by atoms with van der Waals surface area (Å²) in [6.45, 7) is 1.36. The highest BCUT2D eigenvalue weighted by Crippen LogP contribution is 2.07. The number of aliphatic carboxylic acids is 2. The molecular weight excluding hydrogens is 226 g/mol. The van der Waals surface area contributed by atoms with Crippen molar-refractivity contribution in [3.63, 3.8) is 0 Å². The van der Waals surface area contributed by atoms with Crippen LogP contribution in [0, 0.1) is 6.92 Å². The second-order valence-electron chi connectivity index (χ2n) is 3.23. The van der Waals surface area contributed by atoms with Gasteiger partial charge in [-0.3, -0.25) is 14.9 Å². The van der Waals surface area contributed by atoms with Gasteiger partial charge in [-0.1, -0.05) is 17.7 Å². The summed E-state index contributed by atoms with van der Waals surface area (Å²) in [4.78, 5) is 19.5. The molecule has 0 amide bonds. The van der Waals surface area contributed by atoms with Crippen molar-refractivity contribution in [3.8, 4) is 5.75 Å². The summed E-state index contributed by atoms with van der Waals surface area (Å²) in [5, 5.41) is 26.9. The molecule has 6 nitrogen and oxygen atoms in total. The van der Waals surface area contributed by atoms with E-state index in [1.54, 1.807) is 12.1 Å². The zero-order valence-electron chi connectivity index (χ0n) is 9.38. The summed E-state index contributed by atoms with van der Waals surface area (Å²) in [5.41, 5.74) is 1.17. The molecule has 0 aromatic heterocycles. The fourth-order valence-electron chi connectivity index (χ4n) is 0.821. The predicted octanol–water partition coefficient (Wildman–Crippen LogP) is 0.446. The molecule has 0 saturated carbocycles. The first kappa shape index (κ1) is 14.9. The third kappa shape index (κ3) is 10.2. The quantitative estimate of drug-likeness (QED) is 0.609. The van der Waals surface area contributed by atoms with Crippen molar-refractivity contribution in [2.75, 3.05) is 13.1 Å². The van der Waals surface area contributed by atoms with Crippen molar-refractivity contribution in [2.45, 2.75) is 6.92 Å². The van der Waals surface area contributed by atoms with Gasteiger partial charge in [0.05, 0.1) is 13.1 Å². The molecule has 1 rings (SSSR count). The summed E-state index contributed by atoms with van der Waals surface area (Å²) < 4.78 is 0. The van der Waals surface area contributed by atoms with E-state index < -0.39 is 11.9 Å². The van der Waals surface area contributed by atoms with Gasteiger partial charge in [-0.05, 0) is 19.1 Å². The Morgan fingerprint density at radius 2 is 1.47 bits per heavy atom. The number of aryl methyl sites for hydroxylation is 1. The Morgan fingerprint density at radius 1 is 1.06 bits per heavy atom. The van der Waals surface area contributed by atoms with Crippen LogP contribution in [0.25, 0.3) is 0 Å². The third-order valence-electron chi connectivity index (χ3n) is 1.59. The maximum Gasteiger partial charge on any atom is 0.317 e. The van der Waals surface area contributed by atoms with E-state index >= 15 is 0 Å². The molecular formula is C11H15NO5. The number of phenols is 1. The lowest BCUT2D eigenvalue weighted by atomic mass is 10.2. The van der Waals surface area contributed by atoms with Gasteiger partial charge in [-0.25, -0.2) is 0 Å². The van der Waals surface area contributed by atoms with Gasteiger partial charge in [-0.2, -0.15) is 0 Å². The monoisotopic (exact) mass is 241 g/mol. The minimum Gasteiger partial charge on any atom is -0.508 e. The normalized spacial score (nSPS) is 9.00. The molecule has 1 aromatic carbocycles. The van der Waals surface area contributed by atoms with Crippen molar-refractivity contribution in [3.05, 3.63) is 29.8 Å².